The van der Waals surface area contributed by atoms with E-state index >= 15 is 0 Å². The molecule has 1 atom stereocenters. The monoisotopic (exact) mass is 342 g/mol. The number of thiophene rings is 1. The summed E-state index contributed by atoms with van der Waals surface area (Å²) in [5.41, 5.74) is 1.64. The summed E-state index contributed by atoms with van der Waals surface area (Å²) in [6.07, 6.45) is 0. The van der Waals surface area contributed by atoms with E-state index in [1.54, 1.807) is 11.3 Å². The van der Waals surface area contributed by atoms with Crippen molar-refractivity contribution < 1.29 is 12.8 Å². The van der Waals surface area contributed by atoms with Gasteiger partial charge in [0.05, 0.1) is 5.75 Å². The summed E-state index contributed by atoms with van der Waals surface area (Å²) in [7, 11) is 0.364. The SMILES string of the molecule is CN(C)C(CNS(=O)(=O)Cc1ccc(F)cc1)c1ccsc1. The quantitative estimate of drug-likeness (QED) is 0.841. The summed E-state index contributed by atoms with van der Waals surface area (Å²) in [4.78, 5) is 1.97. The van der Waals surface area contributed by atoms with Crippen molar-refractivity contribution in [3.63, 3.8) is 0 Å². The van der Waals surface area contributed by atoms with Gasteiger partial charge in [-0.15, -0.1) is 0 Å². The van der Waals surface area contributed by atoms with Crippen LogP contribution in [0.5, 0.6) is 0 Å². The first-order valence-corrected chi connectivity index (χ1v) is 9.37. The van der Waals surface area contributed by atoms with Gasteiger partial charge in [0.1, 0.15) is 5.82 Å². The van der Waals surface area contributed by atoms with Crippen LogP contribution in [0.25, 0.3) is 0 Å². The number of hydrogen-bond donors (Lipinski definition) is 1. The van der Waals surface area contributed by atoms with Gasteiger partial charge in [-0.25, -0.2) is 17.5 Å². The third kappa shape index (κ3) is 4.88. The summed E-state index contributed by atoms with van der Waals surface area (Å²) in [6, 6.07) is 7.46. The predicted molar refractivity (Wildman–Crippen MR) is 87.8 cm³/mol. The first kappa shape index (κ1) is 17.1. The molecule has 1 heterocycles. The highest BCUT2D eigenvalue weighted by atomic mass is 32.2. The van der Waals surface area contributed by atoms with Crippen LogP contribution in [0, 0.1) is 5.82 Å². The number of hydrogen-bond acceptors (Lipinski definition) is 4. The zero-order chi connectivity index (χ0) is 16.2. The van der Waals surface area contributed by atoms with E-state index < -0.39 is 10.0 Å². The lowest BCUT2D eigenvalue weighted by molar-refractivity contribution is 0.300. The maximum absolute atomic E-state index is 12.8. The first-order valence-electron chi connectivity index (χ1n) is 6.78. The standard InChI is InChI=1S/C15H19FN2O2S2/c1-18(2)15(13-7-8-21-10-13)9-17-22(19,20)11-12-3-5-14(16)6-4-12/h3-8,10,15,17H,9,11H2,1-2H3. The lowest BCUT2D eigenvalue weighted by Gasteiger charge is -2.24. The molecule has 0 saturated heterocycles. The average Bonchev–Trinajstić information content (AvgIpc) is 2.95. The molecular weight excluding hydrogens is 323 g/mol. The van der Waals surface area contributed by atoms with E-state index in [0.717, 1.165) is 5.56 Å². The second-order valence-corrected chi connectivity index (χ2v) is 7.86. The Morgan fingerprint density at radius 3 is 2.45 bits per heavy atom. The highest BCUT2D eigenvalue weighted by Crippen LogP contribution is 2.20. The van der Waals surface area contributed by atoms with E-state index in [1.165, 1.54) is 24.3 Å². The van der Waals surface area contributed by atoms with Crippen LogP contribution in [0.15, 0.2) is 41.1 Å². The molecule has 22 heavy (non-hydrogen) atoms. The largest absolute Gasteiger partial charge is 0.301 e. The van der Waals surface area contributed by atoms with Gasteiger partial charge in [0.2, 0.25) is 10.0 Å². The molecule has 0 amide bonds. The van der Waals surface area contributed by atoms with Crippen LogP contribution in [-0.2, 0) is 15.8 Å². The van der Waals surface area contributed by atoms with Crippen LogP contribution in [0.4, 0.5) is 4.39 Å². The van der Waals surface area contributed by atoms with E-state index in [4.69, 9.17) is 0 Å². The Kier molecular flexibility index (Phi) is 5.69. The molecule has 0 aliphatic carbocycles. The van der Waals surface area contributed by atoms with Gasteiger partial charge in [-0.1, -0.05) is 12.1 Å². The number of halogens is 1. The van der Waals surface area contributed by atoms with Crippen LogP contribution in [-0.4, -0.2) is 34.0 Å². The molecule has 4 nitrogen and oxygen atoms in total. The van der Waals surface area contributed by atoms with Gasteiger partial charge < -0.3 is 4.90 Å². The number of likely N-dealkylation sites (N-methyl/N-ethyl adjacent to an activating group) is 1. The lowest BCUT2D eigenvalue weighted by atomic mass is 10.1. The molecular formula is C15H19FN2O2S2. The molecule has 1 N–H and O–H groups in total. The molecule has 7 heteroatoms. The Morgan fingerprint density at radius 2 is 1.91 bits per heavy atom. The summed E-state index contributed by atoms with van der Waals surface area (Å²) in [5, 5.41) is 3.98. The van der Waals surface area contributed by atoms with E-state index in [-0.39, 0.29) is 17.6 Å². The first-order chi connectivity index (χ1) is 10.4. The maximum atomic E-state index is 12.8. The van der Waals surface area contributed by atoms with Crippen molar-refractivity contribution in [3.05, 3.63) is 58.0 Å². The fraction of sp³-hybridized carbons (Fsp3) is 0.333. The van der Waals surface area contributed by atoms with Crippen LogP contribution in [0.2, 0.25) is 0 Å². The van der Waals surface area contributed by atoms with Gasteiger partial charge in [0.15, 0.2) is 0 Å². The molecule has 2 rings (SSSR count). The van der Waals surface area contributed by atoms with Gasteiger partial charge in [-0.05, 0) is 54.2 Å². The molecule has 1 unspecified atom stereocenters. The zero-order valence-electron chi connectivity index (χ0n) is 12.5. The summed E-state index contributed by atoms with van der Waals surface area (Å²) < 4.78 is 39.8. The molecule has 0 fully saturated rings. The smallest absolute Gasteiger partial charge is 0.215 e. The summed E-state index contributed by atoms with van der Waals surface area (Å²) in [5.74, 6) is -0.531. The van der Waals surface area contributed by atoms with Crippen LogP contribution < -0.4 is 4.72 Å². The molecule has 0 aliphatic rings. The molecule has 120 valence electrons. The topological polar surface area (TPSA) is 49.4 Å². The highest BCUT2D eigenvalue weighted by Gasteiger charge is 2.18. The van der Waals surface area contributed by atoms with Gasteiger partial charge >= 0.3 is 0 Å². The van der Waals surface area contributed by atoms with Gasteiger partial charge in [0, 0.05) is 12.6 Å². The minimum Gasteiger partial charge on any atom is -0.301 e. The number of nitrogens with zero attached hydrogens (tertiary/aromatic N) is 1. The number of sulfonamides is 1. The third-order valence-corrected chi connectivity index (χ3v) is 5.34. The number of rotatable bonds is 7. The molecule has 0 saturated carbocycles. The van der Waals surface area contributed by atoms with Crippen molar-refractivity contribution in [2.75, 3.05) is 20.6 Å². The van der Waals surface area contributed by atoms with Crippen LogP contribution in [0.3, 0.4) is 0 Å². The van der Waals surface area contributed by atoms with E-state index in [0.29, 0.717) is 12.1 Å². The lowest BCUT2D eigenvalue weighted by Crippen LogP contribution is -2.35. The molecule has 1 aromatic heterocycles. The number of benzene rings is 1. The van der Waals surface area contributed by atoms with E-state index in [2.05, 4.69) is 4.72 Å². The Balaban J connectivity index is 2.00. The minimum atomic E-state index is -3.46. The van der Waals surface area contributed by atoms with Crippen molar-refractivity contribution in [1.82, 2.24) is 9.62 Å². The molecule has 1 aromatic carbocycles. The van der Waals surface area contributed by atoms with Gasteiger partial charge in [-0.2, -0.15) is 11.3 Å². The van der Waals surface area contributed by atoms with E-state index in [9.17, 15) is 12.8 Å². The second kappa shape index (κ2) is 7.32. The van der Waals surface area contributed by atoms with Crippen molar-refractivity contribution >= 4 is 21.4 Å². The zero-order valence-corrected chi connectivity index (χ0v) is 14.1. The fourth-order valence-corrected chi connectivity index (χ4v) is 3.97. The Morgan fingerprint density at radius 1 is 1.23 bits per heavy atom. The highest BCUT2D eigenvalue weighted by molar-refractivity contribution is 7.88. The van der Waals surface area contributed by atoms with Crippen molar-refractivity contribution in [1.29, 1.82) is 0 Å². The van der Waals surface area contributed by atoms with Crippen molar-refractivity contribution in [2.45, 2.75) is 11.8 Å². The van der Waals surface area contributed by atoms with Gasteiger partial charge in [-0.3, -0.25) is 0 Å². The van der Waals surface area contributed by atoms with E-state index in [1.807, 2.05) is 35.8 Å². The average molecular weight is 342 g/mol. The second-order valence-electron chi connectivity index (χ2n) is 5.27. The Bertz CT molecular complexity index is 683. The molecule has 0 spiro atoms. The van der Waals surface area contributed by atoms with Gasteiger partial charge in [0.25, 0.3) is 0 Å². The Labute approximate surface area is 134 Å². The summed E-state index contributed by atoms with van der Waals surface area (Å²) >= 11 is 1.58. The van der Waals surface area contributed by atoms with Crippen LogP contribution >= 0.6 is 11.3 Å². The molecule has 0 aliphatic heterocycles. The molecule has 2 aromatic rings. The minimum absolute atomic E-state index is 0.0192. The Hall–Kier alpha value is -1.28. The van der Waals surface area contributed by atoms with Crippen molar-refractivity contribution in [3.8, 4) is 0 Å². The molecule has 0 bridgehead atoms. The number of nitrogens with one attached hydrogen (secondary N) is 1. The maximum Gasteiger partial charge on any atom is 0.215 e. The fourth-order valence-electron chi connectivity index (χ4n) is 2.12. The third-order valence-electron chi connectivity index (χ3n) is 3.32. The predicted octanol–water partition coefficient (Wildman–Crippen LogP) is 2.61. The summed E-state index contributed by atoms with van der Waals surface area (Å²) in [6.45, 7) is 0.299. The van der Waals surface area contributed by atoms with Crippen molar-refractivity contribution in [2.24, 2.45) is 0 Å². The van der Waals surface area contributed by atoms with Crippen LogP contribution in [0.1, 0.15) is 17.2 Å². The normalized spacial score (nSPS) is 13.5. The molecule has 0 radical (unpaired) electrons.